The highest BCUT2D eigenvalue weighted by Crippen LogP contribution is 2.40. The van der Waals surface area contributed by atoms with E-state index in [4.69, 9.17) is 4.74 Å². The smallest absolute Gasteiger partial charge is 0.344 e. The monoisotopic (exact) mass is 395 g/mol. The van der Waals surface area contributed by atoms with Crippen molar-refractivity contribution in [1.29, 1.82) is 0 Å². The number of nitrogens with zero attached hydrogens (tertiary/aromatic N) is 1. The molecule has 0 radical (unpaired) electrons. The molecule has 0 fully saturated rings. The van der Waals surface area contributed by atoms with Crippen LogP contribution >= 0.6 is 11.8 Å². The second-order valence-electron chi connectivity index (χ2n) is 6.05. The summed E-state index contributed by atoms with van der Waals surface area (Å²) in [5.74, 6) is -0.584. The number of aromatic hydroxyl groups is 1. The van der Waals surface area contributed by atoms with Gasteiger partial charge in [0.2, 0.25) is 0 Å². The lowest BCUT2D eigenvalue weighted by molar-refractivity contribution is -0.138. The number of aliphatic hydroxyl groups excluding tert-OH is 1. The molecule has 1 heterocycles. The van der Waals surface area contributed by atoms with E-state index in [2.05, 4.69) is 4.99 Å². The summed E-state index contributed by atoms with van der Waals surface area (Å²) in [6.45, 7) is 3.87. The van der Waals surface area contributed by atoms with Crippen molar-refractivity contribution in [2.45, 2.75) is 20.3 Å². The second kappa shape index (κ2) is 8.80. The number of hydrogen-bond acceptors (Lipinski definition) is 6. The van der Waals surface area contributed by atoms with Gasteiger partial charge < -0.3 is 14.9 Å². The molecule has 2 aromatic rings. The molecule has 2 aromatic carbocycles. The number of carbonyl (C=O) groups is 1. The van der Waals surface area contributed by atoms with E-state index in [1.807, 2.05) is 49.4 Å². The average Bonchev–Trinajstić information content (AvgIpc) is 2.98. The van der Waals surface area contributed by atoms with E-state index < -0.39 is 5.97 Å². The van der Waals surface area contributed by atoms with Crippen molar-refractivity contribution in [2.24, 2.45) is 4.99 Å². The van der Waals surface area contributed by atoms with Crippen LogP contribution in [0.5, 0.6) is 5.75 Å². The zero-order valence-corrected chi connectivity index (χ0v) is 16.5. The predicted octanol–water partition coefficient (Wildman–Crippen LogP) is 5.15. The number of thioether (sulfide) groups is 1. The van der Waals surface area contributed by atoms with Gasteiger partial charge in [-0.05, 0) is 48.7 Å². The Morgan fingerprint density at radius 3 is 2.54 bits per heavy atom. The molecule has 0 saturated carbocycles. The van der Waals surface area contributed by atoms with E-state index in [-0.39, 0.29) is 23.7 Å². The molecular formula is C22H21NO4S. The molecule has 0 atom stereocenters. The molecule has 0 aromatic heterocycles. The maximum Gasteiger partial charge on any atom is 0.344 e. The molecule has 0 unspecified atom stereocenters. The fourth-order valence-corrected chi connectivity index (χ4v) is 3.77. The topological polar surface area (TPSA) is 79.1 Å². The zero-order chi connectivity index (χ0) is 20.1. The van der Waals surface area contributed by atoms with Gasteiger partial charge in [-0.15, -0.1) is 0 Å². The molecule has 0 aliphatic carbocycles. The lowest BCUT2D eigenvalue weighted by Gasteiger charge is -2.03. The Morgan fingerprint density at radius 1 is 1.14 bits per heavy atom. The maximum atomic E-state index is 12.4. The van der Waals surface area contributed by atoms with Crippen LogP contribution in [-0.4, -0.2) is 27.8 Å². The largest absolute Gasteiger partial charge is 0.508 e. The standard InChI is InChI=1S/C22H21NO4S/c1-3-15-11-10-14(12-17(15)24)13-18-20(25)19(22(26)27-4-2)21(28-18)23-16-8-6-5-7-9-16/h5-13,24-25H,3-4H2,1-2H3/b18-13-,23-21?. The molecule has 1 aliphatic heterocycles. The number of esters is 1. The minimum atomic E-state index is -0.616. The summed E-state index contributed by atoms with van der Waals surface area (Å²) in [6, 6.07) is 14.5. The van der Waals surface area contributed by atoms with Gasteiger partial charge in [0.25, 0.3) is 0 Å². The van der Waals surface area contributed by atoms with Crippen LogP contribution in [0.3, 0.4) is 0 Å². The summed E-state index contributed by atoms with van der Waals surface area (Å²) in [5, 5.41) is 21.1. The van der Waals surface area contributed by atoms with E-state index in [1.165, 1.54) is 11.8 Å². The van der Waals surface area contributed by atoms with Gasteiger partial charge in [-0.3, -0.25) is 0 Å². The fraction of sp³-hybridized carbons (Fsp3) is 0.182. The van der Waals surface area contributed by atoms with Gasteiger partial charge >= 0.3 is 5.97 Å². The summed E-state index contributed by atoms with van der Waals surface area (Å²) >= 11 is 1.19. The predicted molar refractivity (Wildman–Crippen MR) is 113 cm³/mol. The first kappa shape index (κ1) is 19.8. The van der Waals surface area contributed by atoms with E-state index >= 15 is 0 Å². The Kier molecular flexibility index (Phi) is 6.21. The number of ether oxygens (including phenoxy) is 1. The first-order valence-corrected chi connectivity index (χ1v) is 9.81. The molecule has 0 saturated heterocycles. The minimum Gasteiger partial charge on any atom is -0.508 e. The van der Waals surface area contributed by atoms with E-state index in [9.17, 15) is 15.0 Å². The summed E-state index contributed by atoms with van der Waals surface area (Å²) in [6.07, 6.45) is 2.44. The highest BCUT2D eigenvalue weighted by Gasteiger charge is 2.33. The highest BCUT2D eigenvalue weighted by atomic mass is 32.2. The van der Waals surface area contributed by atoms with Crippen molar-refractivity contribution in [3.8, 4) is 5.75 Å². The second-order valence-corrected chi connectivity index (χ2v) is 7.08. The quantitative estimate of drug-likeness (QED) is 0.685. The first-order chi connectivity index (χ1) is 13.5. The van der Waals surface area contributed by atoms with Gasteiger partial charge in [-0.25, -0.2) is 9.79 Å². The third-order valence-electron chi connectivity index (χ3n) is 4.15. The van der Waals surface area contributed by atoms with E-state index in [0.717, 1.165) is 12.0 Å². The number of aliphatic hydroxyl groups is 1. The molecule has 1 aliphatic rings. The van der Waals surface area contributed by atoms with Crippen molar-refractivity contribution >= 4 is 34.5 Å². The number of carbonyl (C=O) groups excluding carboxylic acids is 1. The molecule has 3 rings (SSSR count). The van der Waals surface area contributed by atoms with Gasteiger partial charge in [0.1, 0.15) is 22.1 Å². The Balaban J connectivity index is 2.02. The average molecular weight is 395 g/mol. The third kappa shape index (κ3) is 4.28. The highest BCUT2D eigenvalue weighted by molar-refractivity contribution is 8.18. The van der Waals surface area contributed by atoms with Crippen LogP contribution in [-0.2, 0) is 16.0 Å². The first-order valence-electron chi connectivity index (χ1n) is 8.99. The normalized spacial score (nSPS) is 16.8. The van der Waals surface area contributed by atoms with Crippen molar-refractivity contribution in [1.82, 2.24) is 0 Å². The number of aryl methyl sites for hydroxylation is 1. The summed E-state index contributed by atoms with van der Waals surface area (Å²) < 4.78 is 5.09. The van der Waals surface area contributed by atoms with Crippen LogP contribution in [0.4, 0.5) is 5.69 Å². The number of phenolic OH excluding ortho intramolecular Hbond substituents is 1. The Bertz CT molecular complexity index is 977. The zero-order valence-electron chi connectivity index (χ0n) is 15.7. The van der Waals surface area contributed by atoms with Gasteiger partial charge in [0.15, 0.2) is 0 Å². The SMILES string of the molecule is CCOC(=O)C1=C(O)/C(=C/c2ccc(CC)c(O)c2)SC1=Nc1ccccc1. The molecule has 0 bridgehead atoms. The molecule has 6 heteroatoms. The Morgan fingerprint density at radius 2 is 1.89 bits per heavy atom. The summed E-state index contributed by atoms with van der Waals surface area (Å²) in [7, 11) is 0. The van der Waals surface area contributed by atoms with Gasteiger partial charge in [-0.1, -0.05) is 49.0 Å². The van der Waals surface area contributed by atoms with Crippen LogP contribution in [0.2, 0.25) is 0 Å². The van der Waals surface area contributed by atoms with Crippen LogP contribution in [0.25, 0.3) is 6.08 Å². The van der Waals surface area contributed by atoms with Crippen LogP contribution in [0.1, 0.15) is 25.0 Å². The lowest BCUT2D eigenvalue weighted by atomic mass is 10.1. The van der Waals surface area contributed by atoms with Crippen molar-refractivity contribution in [2.75, 3.05) is 6.61 Å². The number of hydrogen-bond donors (Lipinski definition) is 2. The van der Waals surface area contributed by atoms with Crippen LogP contribution in [0.15, 0.2) is 69.8 Å². The van der Waals surface area contributed by atoms with Gasteiger partial charge in [-0.2, -0.15) is 0 Å². The van der Waals surface area contributed by atoms with Crippen LogP contribution in [0, 0.1) is 0 Å². The molecular weight excluding hydrogens is 374 g/mol. The molecule has 0 spiro atoms. The molecule has 28 heavy (non-hydrogen) atoms. The van der Waals surface area contributed by atoms with Gasteiger partial charge in [0, 0.05) is 0 Å². The number of para-hydroxylation sites is 1. The third-order valence-corrected chi connectivity index (χ3v) is 5.16. The summed E-state index contributed by atoms with van der Waals surface area (Å²) in [4.78, 5) is 17.4. The van der Waals surface area contributed by atoms with E-state index in [1.54, 1.807) is 19.1 Å². The molecule has 2 N–H and O–H groups in total. The summed E-state index contributed by atoms with van der Waals surface area (Å²) in [5.41, 5.74) is 2.29. The van der Waals surface area contributed by atoms with Gasteiger partial charge in [0.05, 0.1) is 17.2 Å². The lowest BCUT2D eigenvalue weighted by Crippen LogP contribution is -2.12. The number of benzene rings is 2. The number of rotatable bonds is 5. The Hall–Kier alpha value is -2.99. The minimum absolute atomic E-state index is 0.0522. The fourth-order valence-electron chi connectivity index (χ4n) is 2.73. The van der Waals surface area contributed by atoms with Crippen molar-refractivity contribution in [3.63, 3.8) is 0 Å². The molecule has 5 nitrogen and oxygen atoms in total. The Labute approximate surface area is 168 Å². The van der Waals surface area contributed by atoms with Crippen molar-refractivity contribution < 1.29 is 19.7 Å². The molecule has 144 valence electrons. The number of aliphatic imine (C=N–C) groups is 1. The number of phenols is 1. The van der Waals surface area contributed by atoms with Crippen molar-refractivity contribution in [3.05, 3.63) is 75.9 Å². The molecule has 0 amide bonds. The van der Waals surface area contributed by atoms with Crippen LogP contribution < -0.4 is 0 Å². The maximum absolute atomic E-state index is 12.4. The van der Waals surface area contributed by atoms with E-state index in [0.29, 0.717) is 21.2 Å².